The Hall–Kier alpha value is -3.04. The van der Waals surface area contributed by atoms with E-state index in [1.165, 1.54) is 0 Å². The molecule has 154 valence electrons. The summed E-state index contributed by atoms with van der Waals surface area (Å²) in [5.41, 5.74) is 3.81. The normalized spacial score (nSPS) is 11.5. The monoisotopic (exact) mass is 396 g/mol. The molecule has 2 aromatic rings. The van der Waals surface area contributed by atoms with Gasteiger partial charge in [-0.2, -0.15) is 5.26 Å². The summed E-state index contributed by atoms with van der Waals surface area (Å²) in [5, 5.41) is 22.0. The Morgan fingerprint density at radius 2 is 1.93 bits per heavy atom. The number of nitrogens with one attached hydrogen (secondary N) is 1. The minimum atomic E-state index is -0.998. The van der Waals surface area contributed by atoms with Crippen molar-refractivity contribution in [2.45, 2.75) is 39.2 Å². The lowest BCUT2D eigenvalue weighted by molar-refractivity contribution is -0.138. The van der Waals surface area contributed by atoms with Crippen molar-refractivity contribution in [3.05, 3.63) is 58.7 Å². The molecule has 1 unspecified atom stereocenters. The van der Waals surface area contributed by atoms with Crippen LogP contribution >= 0.6 is 0 Å². The van der Waals surface area contributed by atoms with Crippen molar-refractivity contribution in [3.63, 3.8) is 0 Å². The molecule has 0 heterocycles. The lowest BCUT2D eigenvalue weighted by atomic mass is 9.95. The summed E-state index contributed by atoms with van der Waals surface area (Å²) in [6, 6.07) is 11.8. The van der Waals surface area contributed by atoms with Crippen LogP contribution in [0.1, 0.15) is 48.6 Å². The molecule has 1 atom stereocenters. The van der Waals surface area contributed by atoms with Gasteiger partial charge in [0.05, 0.1) is 18.2 Å². The first-order chi connectivity index (χ1) is 14.0. The number of hydrogen-bond donors (Lipinski definition) is 2. The van der Waals surface area contributed by atoms with Gasteiger partial charge >= 0.3 is 5.97 Å². The van der Waals surface area contributed by atoms with E-state index in [9.17, 15) is 9.90 Å². The number of carboxylic acids is 1. The summed E-state index contributed by atoms with van der Waals surface area (Å²) in [5.74, 6) is -0.392. The van der Waals surface area contributed by atoms with E-state index in [1.54, 1.807) is 31.4 Å². The Morgan fingerprint density at radius 1 is 1.21 bits per heavy atom. The third-order valence-electron chi connectivity index (χ3n) is 4.60. The highest BCUT2D eigenvalue weighted by Gasteiger charge is 2.26. The number of hydrogen-bond acceptors (Lipinski definition) is 5. The fourth-order valence-corrected chi connectivity index (χ4v) is 3.14. The number of nitrogens with zero attached hydrogens (tertiary/aromatic N) is 1. The van der Waals surface area contributed by atoms with Crippen LogP contribution in [0.3, 0.4) is 0 Å². The van der Waals surface area contributed by atoms with Gasteiger partial charge in [0.25, 0.3) is 0 Å². The maximum atomic E-state index is 12.2. The molecule has 0 aliphatic heterocycles. The molecular formula is C23H28N2O4. The summed E-state index contributed by atoms with van der Waals surface area (Å²) < 4.78 is 11.1. The van der Waals surface area contributed by atoms with Crippen molar-refractivity contribution in [1.82, 2.24) is 0 Å². The lowest BCUT2D eigenvalue weighted by Crippen LogP contribution is -2.22. The van der Waals surface area contributed by atoms with Gasteiger partial charge in [0.15, 0.2) is 6.04 Å². The smallest absolute Gasteiger partial charge is 0.330 e. The van der Waals surface area contributed by atoms with Gasteiger partial charge in [-0.25, -0.2) is 4.79 Å². The van der Waals surface area contributed by atoms with Gasteiger partial charge < -0.3 is 19.9 Å². The van der Waals surface area contributed by atoms with Crippen LogP contribution in [0.25, 0.3) is 0 Å². The Kier molecular flexibility index (Phi) is 8.50. The van der Waals surface area contributed by atoms with Crippen LogP contribution in [-0.2, 0) is 22.4 Å². The average Bonchev–Trinajstić information content (AvgIpc) is 2.73. The summed E-state index contributed by atoms with van der Waals surface area (Å²) >= 11 is 0. The van der Waals surface area contributed by atoms with Gasteiger partial charge in [-0.15, -0.1) is 0 Å². The first-order valence-electron chi connectivity index (χ1n) is 9.80. The second kappa shape index (κ2) is 11.1. The van der Waals surface area contributed by atoms with E-state index in [2.05, 4.69) is 24.4 Å². The van der Waals surface area contributed by atoms with Crippen molar-refractivity contribution >= 4 is 11.7 Å². The molecule has 2 aromatic carbocycles. The van der Waals surface area contributed by atoms with Crippen LogP contribution in [-0.4, -0.2) is 31.4 Å². The Bertz CT molecular complexity index is 856. The number of benzene rings is 2. The van der Waals surface area contributed by atoms with E-state index in [0.717, 1.165) is 30.4 Å². The predicted molar refractivity (Wildman–Crippen MR) is 112 cm³/mol. The molecule has 0 amide bonds. The summed E-state index contributed by atoms with van der Waals surface area (Å²) in [4.78, 5) is 12.2. The van der Waals surface area contributed by atoms with Crippen LogP contribution in [0.5, 0.6) is 5.75 Å². The number of carbonyl (C=O) groups is 1. The van der Waals surface area contributed by atoms with E-state index in [-0.39, 0.29) is 0 Å². The molecule has 0 bridgehead atoms. The second-order valence-corrected chi connectivity index (χ2v) is 6.72. The molecule has 0 saturated heterocycles. The van der Waals surface area contributed by atoms with Crippen LogP contribution < -0.4 is 10.1 Å². The lowest BCUT2D eigenvalue weighted by Gasteiger charge is -2.23. The number of aliphatic carboxylic acids is 1. The van der Waals surface area contributed by atoms with E-state index in [4.69, 9.17) is 14.7 Å². The number of ether oxygens (including phenoxy) is 2. The topological polar surface area (TPSA) is 91.6 Å². The fourth-order valence-electron chi connectivity index (χ4n) is 3.14. The van der Waals surface area contributed by atoms with Crippen molar-refractivity contribution < 1.29 is 19.4 Å². The molecule has 0 radical (unpaired) electrons. The zero-order valence-electron chi connectivity index (χ0n) is 17.2. The molecule has 2 N–H and O–H groups in total. The minimum absolute atomic E-state index is 0.342. The molecule has 2 rings (SSSR count). The largest absolute Gasteiger partial charge is 0.491 e. The van der Waals surface area contributed by atoms with Gasteiger partial charge in [-0.1, -0.05) is 26.3 Å². The van der Waals surface area contributed by atoms with Crippen LogP contribution in [0.15, 0.2) is 36.4 Å². The summed E-state index contributed by atoms with van der Waals surface area (Å²) in [7, 11) is 1.60. The van der Waals surface area contributed by atoms with Gasteiger partial charge in [0.2, 0.25) is 0 Å². The van der Waals surface area contributed by atoms with Gasteiger partial charge in [-0.05, 0) is 54.3 Å². The zero-order chi connectivity index (χ0) is 21.2. The number of nitriles is 1. The van der Waals surface area contributed by atoms with Crippen molar-refractivity contribution in [2.75, 3.05) is 25.6 Å². The predicted octanol–water partition coefficient (Wildman–Crippen LogP) is 4.34. The highest BCUT2D eigenvalue weighted by atomic mass is 16.5. The number of rotatable bonds is 11. The Balaban J connectivity index is 2.49. The highest BCUT2D eigenvalue weighted by Crippen LogP contribution is 2.34. The van der Waals surface area contributed by atoms with E-state index in [1.807, 2.05) is 13.0 Å². The van der Waals surface area contributed by atoms with Crippen molar-refractivity contribution in [2.24, 2.45) is 0 Å². The second-order valence-electron chi connectivity index (χ2n) is 6.72. The fraction of sp³-hybridized carbons (Fsp3) is 0.391. The average molecular weight is 396 g/mol. The van der Waals surface area contributed by atoms with E-state index >= 15 is 0 Å². The van der Waals surface area contributed by atoms with Crippen LogP contribution in [0, 0.1) is 11.3 Å². The third kappa shape index (κ3) is 5.97. The highest BCUT2D eigenvalue weighted by molar-refractivity contribution is 5.81. The first kappa shape index (κ1) is 22.3. The Labute approximate surface area is 172 Å². The molecule has 6 nitrogen and oxygen atoms in total. The molecule has 29 heavy (non-hydrogen) atoms. The molecule has 0 aliphatic rings. The first-order valence-corrected chi connectivity index (χ1v) is 9.80. The summed E-state index contributed by atoms with van der Waals surface area (Å²) in [6.07, 6.45) is 2.52. The van der Waals surface area contributed by atoms with Crippen molar-refractivity contribution in [3.8, 4) is 11.8 Å². The molecular weight excluding hydrogens is 368 g/mol. The SMILES string of the molecule is CCCc1cc(CC)cc(C(Nc2ccc(C#N)cc2)C(=O)O)c1OCCOC. The Morgan fingerprint density at radius 3 is 2.48 bits per heavy atom. The van der Waals surface area contributed by atoms with Crippen LogP contribution in [0.4, 0.5) is 5.69 Å². The maximum absolute atomic E-state index is 12.2. The quantitative estimate of drug-likeness (QED) is 0.549. The van der Waals surface area contributed by atoms with Gasteiger partial charge in [0, 0.05) is 18.4 Å². The standard InChI is InChI=1S/C23H28N2O4/c1-4-6-18-13-16(5-2)14-20(22(18)29-12-11-28-3)21(23(26)27)25-19-9-7-17(15-24)8-10-19/h7-10,13-14,21,25H,4-6,11-12H2,1-3H3,(H,26,27). The van der Waals surface area contributed by atoms with E-state index in [0.29, 0.717) is 35.8 Å². The molecule has 0 spiro atoms. The molecule has 6 heteroatoms. The maximum Gasteiger partial charge on any atom is 0.330 e. The molecule has 0 aromatic heterocycles. The molecule has 0 aliphatic carbocycles. The number of methoxy groups -OCH3 is 1. The molecule has 0 fully saturated rings. The zero-order valence-corrected chi connectivity index (χ0v) is 17.2. The van der Waals surface area contributed by atoms with E-state index < -0.39 is 12.0 Å². The number of aryl methyl sites for hydroxylation is 2. The van der Waals surface area contributed by atoms with Crippen molar-refractivity contribution in [1.29, 1.82) is 5.26 Å². The van der Waals surface area contributed by atoms with Gasteiger partial charge in [0.1, 0.15) is 12.4 Å². The number of carboxylic acid groups (broad SMARTS) is 1. The van der Waals surface area contributed by atoms with Gasteiger partial charge in [-0.3, -0.25) is 0 Å². The number of anilines is 1. The summed E-state index contributed by atoms with van der Waals surface area (Å²) in [6.45, 7) is 4.89. The molecule has 0 saturated carbocycles. The third-order valence-corrected chi connectivity index (χ3v) is 4.60. The van der Waals surface area contributed by atoms with Crippen LogP contribution in [0.2, 0.25) is 0 Å². The minimum Gasteiger partial charge on any atom is -0.491 e.